The van der Waals surface area contributed by atoms with Crippen LogP contribution in [0.25, 0.3) is 0 Å². The highest BCUT2D eigenvalue weighted by Gasteiger charge is 2.44. The monoisotopic (exact) mass is 687 g/mol. The molecule has 2 heterocycles. The van der Waals surface area contributed by atoms with Crippen LogP contribution in [-0.4, -0.2) is 48.2 Å². The zero-order valence-corrected chi connectivity index (χ0v) is 30.6. The molecule has 5 heteroatoms. The Hall–Kier alpha value is -4.68. The first-order chi connectivity index (χ1) is 25.0. The molecule has 256 valence electrons. The van der Waals surface area contributed by atoms with Crippen LogP contribution in [-0.2, 0) is 15.9 Å². The van der Waals surface area contributed by atoms with E-state index in [0.717, 1.165) is 13.0 Å². The lowest BCUT2D eigenvalue weighted by Gasteiger charge is -2.44. The van der Waals surface area contributed by atoms with Crippen molar-refractivity contribution in [1.29, 1.82) is 0 Å². The van der Waals surface area contributed by atoms with Gasteiger partial charge in [-0.15, -0.1) is 11.8 Å². The van der Waals surface area contributed by atoms with Crippen LogP contribution in [0.15, 0.2) is 175 Å². The molecule has 0 aromatic heterocycles. The van der Waals surface area contributed by atoms with Gasteiger partial charge in [-0.1, -0.05) is 152 Å². The van der Waals surface area contributed by atoms with E-state index >= 15 is 0 Å². The molecule has 0 radical (unpaired) electrons. The fourth-order valence-electron chi connectivity index (χ4n) is 7.91. The first-order valence-electron chi connectivity index (χ1n) is 18.0. The van der Waals surface area contributed by atoms with Gasteiger partial charge in [0.15, 0.2) is 12.0 Å². The summed E-state index contributed by atoms with van der Waals surface area (Å²) in [6.07, 6.45) is 4.22. The SMILES string of the molecule is CSc1ccc([C@@H]2OC(C)(C)OC[C@@H]2[N+]2=Cc3ccccc3CC2)cc1.c1ccc([B-](c2ccccc2)(c2ccccc2)c2ccccc2)cc1. The highest BCUT2D eigenvalue weighted by molar-refractivity contribution is 7.98. The van der Waals surface area contributed by atoms with Gasteiger partial charge >= 0.3 is 0 Å². The number of rotatable bonds is 7. The lowest BCUT2D eigenvalue weighted by molar-refractivity contribution is -0.595. The average Bonchev–Trinajstić information content (AvgIpc) is 3.20. The molecular weight excluding hydrogens is 641 g/mol. The van der Waals surface area contributed by atoms with Gasteiger partial charge in [-0.25, -0.2) is 4.58 Å². The van der Waals surface area contributed by atoms with Crippen molar-refractivity contribution >= 4 is 46.0 Å². The Morgan fingerprint density at radius 2 is 1.08 bits per heavy atom. The summed E-state index contributed by atoms with van der Waals surface area (Å²) in [5.41, 5.74) is 9.30. The summed E-state index contributed by atoms with van der Waals surface area (Å²) in [6, 6.07) is 61.1. The van der Waals surface area contributed by atoms with Crippen molar-refractivity contribution in [3.05, 3.63) is 187 Å². The van der Waals surface area contributed by atoms with Crippen molar-refractivity contribution in [3.8, 4) is 0 Å². The summed E-state index contributed by atoms with van der Waals surface area (Å²) in [6.45, 7) is 5.66. The predicted octanol–water partition coefficient (Wildman–Crippen LogP) is 7.35. The van der Waals surface area contributed by atoms with Crippen LogP contribution in [0, 0.1) is 0 Å². The maximum atomic E-state index is 6.40. The Kier molecular flexibility index (Phi) is 10.7. The Morgan fingerprint density at radius 3 is 1.57 bits per heavy atom. The van der Waals surface area contributed by atoms with Crippen LogP contribution >= 0.6 is 11.8 Å². The third-order valence-electron chi connectivity index (χ3n) is 10.4. The zero-order valence-electron chi connectivity index (χ0n) is 29.8. The van der Waals surface area contributed by atoms with E-state index in [1.165, 1.54) is 43.4 Å². The van der Waals surface area contributed by atoms with Crippen molar-refractivity contribution in [2.24, 2.45) is 0 Å². The van der Waals surface area contributed by atoms with E-state index in [2.05, 4.69) is 187 Å². The van der Waals surface area contributed by atoms with Crippen LogP contribution in [0.4, 0.5) is 0 Å². The predicted molar refractivity (Wildman–Crippen MR) is 216 cm³/mol. The van der Waals surface area contributed by atoms with E-state index in [0.29, 0.717) is 6.61 Å². The Balaban J connectivity index is 0.000000159. The van der Waals surface area contributed by atoms with E-state index in [4.69, 9.17) is 9.47 Å². The molecule has 0 N–H and O–H groups in total. The van der Waals surface area contributed by atoms with E-state index in [9.17, 15) is 0 Å². The standard InChI is InChI=1S/C24H20B.C22H26NO2S/c1-5-13-21(14-6-1)25(22-15-7-2-8-16-22,23-17-9-3-10-18-23)24-19-11-4-12-20-24;1-22(2)24-15-20(21(25-22)17-8-10-19(26-3)11-9-17)23-13-12-16-6-4-5-7-18(16)14-23/h1-20H;4-11,14,20-21H,12-13,15H2,1-3H3/q-1;+1/t;20-,21-/m.0/s1. The number of benzene rings is 6. The van der Waals surface area contributed by atoms with E-state index < -0.39 is 11.9 Å². The molecule has 1 fully saturated rings. The van der Waals surface area contributed by atoms with Crippen molar-refractivity contribution < 1.29 is 14.0 Å². The number of nitrogens with zero attached hydrogens (tertiary/aromatic N) is 1. The third kappa shape index (κ3) is 7.53. The minimum atomic E-state index is -1.22. The molecule has 51 heavy (non-hydrogen) atoms. The molecule has 1 saturated heterocycles. The molecule has 2 aliphatic rings. The van der Waals surface area contributed by atoms with Gasteiger partial charge in [0.1, 0.15) is 25.4 Å². The number of hydrogen-bond acceptors (Lipinski definition) is 3. The lowest BCUT2D eigenvalue weighted by Crippen LogP contribution is -2.74. The molecule has 6 aromatic carbocycles. The fraction of sp³-hybridized carbons (Fsp3) is 0.196. The van der Waals surface area contributed by atoms with Gasteiger partial charge in [0.25, 0.3) is 0 Å². The number of hydrogen-bond donors (Lipinski definition) is 0. The summed E-state index contributed by atoms with van der Waals surface area (Å²) in [4.78, 5) is 1.27. The van der Waals surface area contributed by atoms with Crippen LogP contribution in [0.5, 0.6) is 0 Å². The largest absolute Gasteiger partial charge is 0.343 e. The van der Waals surface area contributed by atoms with Gasteiger partial charge in [-0.2, -0.15) is 21.9 Å². The van der Waals surface area contributed by atoms with Crippen molar-refractivity contribution in [1.82, 2.24) is 0 Å². The summed E-state index contributed by atoms with van der Waals surface area (Å²) in [7, 11) is 0. The summed E-state index contributed by atoms with van der Waals surface area (Å²) < 4.78 is 14.8. The number of ether oxygens (including phenoxy) is 2. The smallest absolute Gasteiger partial charge is 0.206 e. The molecule has 0 unspecified atom stereocenters. The molecule has 0 spiro atoms. The molecule has 6 aromatic rings. The Bertz CT molecular complexity index is 1870. The fourth-order valence-corrected chi connectivity index (χ4v) is 8.32. The Labute approximate surface area is 307 Å². The second-order valence-electron chi connectivity index (χ2n) is 13.9. The summed E-state index contributed by atoms with van der Waals surface area (Å²) in [5.74, 6) is -0.562. The second-order valence-corrected chi connectivity index (χ2v) is 14.8. The molecule has 0 amide bonds. The molecule has 2 aliphatic heterocycles. The van der Waals surface area contributed by atoms with Crippen LogP contribution < -0.4 is 21.9 Å². The quantitative estimate of drug-likeness (QED) is 0.0996. The molecule has 0 bridgehead atoms. The molecule has 0 aliphatic carbocycles. The van der Waals surface area contributed by atoms with Crippen molar-refractivity contribution in [3.63, 3.8) is 0 Å². The third-order valence-corrected chi connectivity index (χ3v) is 11.2. The highest BCUT2D eigenvalue weighted by atomic mass is 32.2. The van der Waals surface area contributed by atoms with Gasteiger partial charge in [-0.05, 0) is 49.4 Å². The average molecular weight is 688 g/mol. The van der Waals surface area contributed by atoms with E-state index in [1.807, 2.05) is 13.8 Å². The normalized spacial score (nSPS) is 18.1. The summed E-state index contributed by atoms with van der Waals surface area (Å²) >= 11 is 1.76. The first kappa shape index (κ1) is 34.8. The number of fused-ring (bicyclic) bond motifs is 1. The highest BCUT2D eigenvalue weighted by Crippen LogP contribution is 2.35. The molecule has 8 rings (SSSR count). The van der Waals surface area contributed by atoms with E-state index in [1.54, 1.807) is 11.8 Å². The van der Waals surface area contributed by atoms with Crippen LogP contribution in [0.1, 0.15) is 36.6 Å². The Morgan fingerprint density at radius 1 is 0.608 bits per heavy atom. The lowest BCUT2D eigenvalue weighted by atomic mass is 9.13. The topological polar surface area (TPSA) is 21.5 Å². The van der Waals surface area contributed by atoms with Crippen molar-refractivity contribution in [2.45, 2.75) is 43.1 Å². The maximum absolute atomic E-state index is 6.40. The minimum Gasteiger partial charge on any atom is -0.343 e. The van der Waals surface area contributed by atoms with Gasteiger partial charge in [0, 0.05) is 16.9 Å². The van der Waals surface area contributed by atoms with Gasteiger partial charge in [0.2, 0.25) is 6.04 Å². The molecule has 2 atom stereocenters. The van der Waals surface area contributed by atoms with Crippen molar-refractivity contribution in [2.75, 3.05) is 19.4 Å². The van der Waals surface area contributed by atoms with Gasteiger partial charge in [-0.3, -0.25) is 0 Å². The molecule has 3 nitrogen and oxygen atoms in total. The second kappa shape index (κ2) is 15.7. The zero-order chi connectivity index (χ0) is 35.1. The maximum Gasteiger partial charge on any atom is 0.206 e. The van der Waals surface area contributed by atoms with E-state index in [-0.39, 0.29) is 12.1 Å². The van der Waals surface area contributed by atoms with Gasteiger partial charge < -0.3 is 9.47 Å². The van der Waals surface area contributed by atoms with Gasteiger partial charge in [0.05, 0.1) is 0 Å². The van der Waals surface area contributed by atoms with Crippen LogP contribution in [0.3, 0.4) is 0 Å². The summed E-state index contributed by atoms with van der Waals surface area (Å²) in [5, 5.41) is 0. The molecule has 0 saturated carbocycles. The first-order valence-corrected chi connectivity index (χ1v) is 19.2. The molecular formula is C46H46BNO2S. The van der Waals surface area contributed by atoms with Crippen LogP contribution in [0.2, 0.25) is 0 Å². The number of thioether (sulfide) groups is 1. The minimum absolute atomic E-state index is 0.00355.